The van der Waals surface area contributed by atoms with Gasteiger partial charge in [0, 0.05) is 35.4 Å². The topological polar surface area (TPSA) is 99.8 Å². The van der Waals surface area contributed by atoms with Gasteiger partial charge in [0.15, 0.2) is 0 Å². The predicted molar refractivity (Wildman–Crippen MR) is 137 cm³/mol. The molecule has 3 rings (SSSR count). The van der Waals surface area contributed by atoms with Gasteiger partial charge in [0.25, 0.3) is 5.91 Å². The molecule has 2 atom stereocenters. The van der Waals surface area contributed by atoms with Crippen molar-refractivity contribution in [2.24, 2.45) is 5.92 Å². The van der Waals surface area contributed by atoms with E-state index in [1.165, 1.54) is 7.11 Å². The highest BCUT2D eigenvalue weighted by molar-refractivity contribution is 6.30. The molecule has 1 fully saturated rings. The Hall–Kier alpha value is -3.26. The summed E-state index contributed by atoms with van der Waals surface area (Å²) in [7, 11) is 1.54. The fourth-order valence-corrected chi connectivity index (χ4v) is 4.22. The van der Waals surface area contributed by atoms with Gasteiger partial charge in [-0.05, 0) is 68.5 Å². The van der Waals surface area contributed by atoms with E-state index in [1.54, 1.807) is 53.4 Å². The summed E-state index contributed by atoms with van der Waals surface area (Å²) < 4.78 is 5.21. The Morgan fingerprint density at radius 2 is 1.80 bits per heavy atom. The summed E-state index contributed by atoms with van der Waals surface area (Å²) in [5.41, 5.74) is 1.05. The summed E-state index contributed by atoms with van der Waals surface area (Å²) in [6.07, 6.45) is 1.95. The van der Waals surface area contributed by atoms with Crippen LogP contribution in [0.25, 0.3) is 0 Å². The third kappa shape index (κ3) is 7.36. The molecule has 0 aliphatic carbocycles. The normalized spacial score (nSPS) is 15.6. The second-order valence-electron chi connectivity index (χ2n) is 8.77. The lowest BCUT2D eigenvalue weighted by molar-refractivity contribution is -0.125. The minimum atomic E-state index is -0.708. The number of urea groups is 1. The number of carbonyl (C=O) groups excluding carboxylic acids is 3. The van der Waals surface area contributed by atoms with Crippen LogP contribution < -0.4 is 20.7 Å². The Bertz CT molecular complexity index is 1040. The summed E-state index contributed by atoms with van der Waals surface area (Å²) in [5.74, 6) is -0.0899. The molecule has 188 valence electrons. The van der Waals surface area contributed by atoms with Crippen LogP contribution in [0.2, 0.25) is 5.02 Å². The van der Waals surface area contributed by atoms with Crippen LogP contribution in [0, 0.1) is 5.92 Å². The standard InChI is InChI=1S/C26H33ClN4O4/c1-4-17(2)28-25(33)23(30-24(32)19-7-5-10-22(15-19)35-3)18-11-13-31(14-12-18)26(34)29-21-9-6-8-20(27)16-21/h5-10,15-18,23H,4,11-14H2,1-3H3,(H,28,33)(H,29,34)(H,30,32)/t17-,23-/m0/s1. The highest BCUT2D eigenvalue weighted by Gasteiger charge is 2.34. The number of anilines is 1. The zero-order valence-electron chi connectivity index (χ0n) is 20.3. The molecule has 0 radical (unpaired) electrons. The largest absolute Gasteiger partial charge is 0.497 e. The third-order valence-corrected chi connectivity index (χ3v) is 6.51. The van der Waals surface area contributed by atoms with Gasteiger partial charge in [0.2, 0.25) is 5.91 Å². The number of carbonyl (C=O) groups is 3. The maximum atomic E-state index is 13.1. The van der Waals surface area contributed by atoms with E-state index in [-0.39, 0.29) is 29.8 Å². The van der Waals surface area contributed by atoms with E-state index in [0.717, 1.165) is 6.42 Å². The highest BCUT2D eigenvalue weighted by atomic mass is 35.5. The summed E-state index contributed by atoms with van der Waals surface area (Å²) in [5, 5.41) is 9.33. The number of nitrogens with one attached hydrogen (secondary N) is 3. The van der Waals surface area contributed by atoms with E-state index in [1.807, 2.05) is 13.8 Å². The molecule has 35 heavy (non-hydrogen) atoms. The van der Waals surface area contributed by atoms with Crippen LogP contribution in [0.3, 0.4) is 0 Å². The molecule has 1 heterocycles. The molecule has 0 unspecified atom stereocenters. The van der Waals surface area contributed by atoms with Crippen molar-refractivity contribution in [2.45, 2.75) is 45.2 Å². The predicted octanol–water partition coefficient (Wildman–Crippen LogP) is 4.31. The van der Waals surface area contributed by atoms with E-state index in [0.29, 0.717) is 48.0 Å². The van der Waals surface area contributed by atoms with Gasteiger partial charge in [-0.1, -0.05) is 30.7 Å². The maximum absolute atomic E-state index is 13.1. The number of ether oxygens (including phenoxy) is 1. The van der Waals surface area contributed by atoms with Crippen LogP contribution >= 0.6 is 11.6 Å². The molecule has 0 saturated carbocycles. The summed E-state index contributed by atoms with van der Waals surface area (Å²) in [6, 6.07) is 12.9. The molecular formula is C26H33ClN4O4. The Morgan fingerprint density at radius 3 is 2.46 bits per heavy atom. The molecule has 0 aromatic heterocycles. The minimum Gasteiger partial charge on any atom is -0.497 e. The number of piperidine rings is 1. The van der Waals surface area contributed by atoms with Crippen molar-refractivity contribution < 1.29 is 19.1 Å². The zero-order valence-corrected chi connectivity index (χ0v) is 21.1. The third-order valence-electron chi connectivity index (χ3n) is 6.28. The number of methoxy groups -OCH3 is 1. The molecule has 4 amide bonds. The second kappa shape index (κ2) is 12.4. The van der Waals surface area contributed by atoms with Crippen molar-refractivity contribution in [3.8, 4) is 5.75 Å². The molecular weight excluding hydrogens is 468 g/mol. The first kappa shape index (κ1) is 26.3. The molecule has 1 saturated heterocycles. The number of halogens is 1. The molecule has 2 aromatic rings. The van der Waals surface area contributed by atoms with Crippen molar-refractivity contribution in [1.82, 2.24) is 15.5 Å². The number of benzene rings is 2. The van der Waals surface area contributed by atoms with Gasteiger partial charge in [-0.25, -0.2) is 4.79 Å². The number of likely N-dealkylation sites (tertiary alicyclic amines) is 1. The van der Waals surface area contributed by atoms with Crippen molar-refractivity contribution in [3.05, 3.63) is 59.1 Å². The Kier molecular flexibility index (Phi) is 9.37. The van der Waals surface area contributed by atoms with E-state index in [9.17, 15) is 14.4 Å². The zero-order chi connectivity index (χ0) is 25.4. The summed E-state index contributed by atoms with van der Waals surface area (Å²) >= 11 is 6.00. The first-order valence-corrected chi connectivity index (χ1v) is 12.2. The monoisotopic (exact) mass is 500 g/mol. The van der Waals surface area contributed by atoms with Crippen LogP contribution in [0.15, 0.2) is 48.5 Å². The lowest BCUT2D eigenvalue weighted by atomic mass is 9.88. The molecule has 1 aliphatic rings. The van der Waals surface area contributed by atoms with E-state index < -0.39 is 6.04 Å². The van der Waals surface area contributed by atoms with Gasteiger partial charge in [0.05, 0.1) is 7.11 Å². The van der Waals surface area contributed by atoms with Gasteiger partial charge in [-0.15, -0.1) is 0 Å². The van der Waals surface area contributed by atoms with Crippen LogP contribution in [0.5, 0.6) is 5.75 Å². The molecule has 1 aliphatic heterocycles. The molecule has 2 aromatic carbocycles. The highest BCUT2D eigenvalue weighted by Crippen LogP contribution is 2.23. The van der Waals surface area contributed by atoms with Gasteiger partial charge < -0.3 is 25.6 Å². The van der Waals surface area contributed by atoms with Crippen molar-refractivity contribution in [1.29, 1.82) is 0 Å². The van der Waals surface area contributed by atoms with Crippen LogP contribution in [-0.4, -0.2) is 55.0 Å². The van der Waals surface area contributed by atoms with E-state index in [2.05, 4.69) is 16.0 Å². The van der Waals surface area contributed by atoms with E-state index >= 15 is 0 Å². The number of hydrogen-bond donors (Lipinski definition) is 3. The Balaban J connectivity index is 1.67. The summed E-state index contributed by atoms with van der Waals surface area (Å²) in [6.45, 7) is 4.87. The van der Waals surface area contributed by atoms with E-state index in [4.69, 9.17) is 16.3 Å². The van der Waals surface area contributed by atoms with Crippen LogP contribution in [0.4, 0.5) is 10.5 Å². The lowest BCUT2D eigenvalue weighted by Gasteiger charge is -2.36. The Labute approximate surface area is 211 Å². The van der Waals surface area contributed by atoms with Gasteiger partial charge in [-0.3, -0.25) is 9.59 Å². The molecule has 0 bridgehead atoms. The van der Waals surface area contributed by atoms with Crippen LogP contribution in [0.1, 0.15) is 43.5 Å². The second-order valence-corrected chi connectivity index (χ2v) is 9.20. The van der Waals surface area contributed by atoms with Crippen molar-refractivity contribution in [2.75, 3.05) is 25.5 Å². The fraction of sp³-hybridized carbons (Fsp3) is 0.423. The van der Waals surface area contributed by atoms with Crippen molar-refractivity contribution in [3.63, 3.8) is 0 Å². The van der Waals surface area contributed by atoms with Gasteiger partial charge in [0.1, 0.15) is 11.8 Å². The minimum absolute atomic E-state index is 0.0118. The molecule has 3 N–H and O–H groups in total. The number of amides is 4. The SMILES string of the molecule is CC[C@H](C)NC(=O)[C@@H](NC(=O)c1cccc(OC)c1)C1CCN(C(=O)Nc2cccc(Cl)c2)CC1. The average Bonchev–Trinajstić information content (AvgIpc) is 2.87. The first-order chi connectivity index (χ1) is 16.8. The molecule has 0 spiro atoms. The van der Waals surface area contributed by atoms with Crippen LogP contribution in [-0.2, 0) is 4.79 Å². The lowest BCUT2D eigenvalue weighted by Crippen LogP contribution is -2.55. The summed E-state index contributed by atoms with van der Waals surface area (Å²) in [4.78, 5) is 40.6. The Morgan fingerprint density at radius 1 is 1.09 bits per heavy atom. The first-order valence-electron chi connectivity index (χ1n) is 11.9. The number of hydrogen-bond acceptors (Lipinski definition) is 4. The molecule has 8 nitrogen and oxygen atoms in total. The molecule has 9 heteroatoms. The average molecular weight is 501 g/mol. The van der Waals surface area contributed by atoms with Gasteiger partial charge in [-0.2, -0.15) is 0 Å². The number of rotatable bonds is 8. The smallest absolute Gasteiger partial charge is 0.321 e. The number of nitrogens with zero attached hydrogens (tertiary/aromatic N) is 1. The fourth-order valence-electron chi connectivity index (χ4n) is 4.03. The van der Waals surface area contributed by atoms with Gasteiger partial charge >= 0.3 is 6.03 Å². The van der Waals surface area contributed by atoms with Crippen molar-refractivity contribution >= 4 is 35.1 Å². The quantitative estimate of drug-likeness (QED) is 0.503. The maximum Gasteiger partial charge on any atom is 0.321 e.